The van der Waals surface area contributed by atoms with E-state index in [4.69, 9.17) is 4.42 Å². The summed E-state index contributed by atoms with van der Waals surface area (Å²) in [7, 11) is 0. The van der Waals surface area contributed by atoms with E-state index in [0.29, 0.717) is 0 Å². The fraction of sp³-hybridized carbons (Fsp3) is 0.0612. The van der Waals surface area contributed by atoms with E-state index in [1.54, 1.807) is 0 Å². The van der Waals surface area contributed by atoms with E-state index < -0.39 is 5.41 Å². The Labute approximate surface area is 295 Å². The Morgan fingerprint density at radius 2 is 0.961 bits per heavy atom. The molecule has 0 saturated carbocycles. The summed E-state index contributed by atoms with van der Waals surface area (Å²) in [6.45, 7) is 4.35. The average molecular weight is 652 g/mol. The van der Waals surface area contributed by atoms with Crippen LogP contribution in [0.25, 0.3) is 71.3 Å². The van der Waals surface area contributed by atoms with Crippen LogP contribution in [0.4, 0.5) is 0 Å². The van der Waals surface area contributed by atoms with Gasteiger partial charge in [-0.25, -0.2) is 0 Å². The second-order valence-electron chi connectivity index (χ2n) is 14.2. The normalized spacial score (nSPS) is 13.5. The van der Waals surface area contributed by atoms with E-state index in [2.05, 4.69) is 182 Å². The predicted molar refractivity (Wildman–Crippen MR) is 212 cm³/mol. The summed E-state index contributed by atoms with van der Waals surface area (Å²) in [6, 6.07) is 60.8. The van der Waals surface area contributed by atoms with Crippen molar-refractivity contribution in [3.8, 4) is 16.8 Å². The highest BCUT2D eigenvalue weighted by atomic mass is 16.3. The maximum atomic E-state index is 6.39. The molecule has 0 N–H and O–H groups in total. The number of aromatic nitrogens is 1. The number of hydrogen-bond donors (Lipinski definition) is 0. The van der Waals surface area contributed by atoms with Crippen LogP contribution >= 0.6 is 0 Å². The molecule has 0 saturated heterocycles. The van der Waals surface area contributed by atoms with Gasteiger partial charge in [0, 0.05) is 26.9 Å². The Balaban J connectivity index is 1.27. The molecule has 0 fully saturated rings. The van der Waals surface area contributed by atoms with Crippen LogP contribution in [-0.2, 0) is 5.41 Å². The van der Waals surface area contributed by atoms with Crippen molar-refractivity contribution in [2.45, 2.75) is 19.3 Å². The van der Waals surface area contributed by atoms with Crippen molar-refractivity contribution in [3.05, 3.63) is 197 Å². The van der Waals surface area contributed by atoms with Crippen LogP contribution in [0, 0.1) is 13.8 Å². The molecular weight excluding hydrogens is 619 g/mol. The minimum atomic E-state index is -0.541. The molecule has 2 nitrogen and oxygen atoms in total. The summed E-state index contributed by atoms with van der Waals surface area (Å²) in [5, 5.41) is 7.31. The molecule has 0 radical (unpaired) electrons. The summed E-state index contributed by atoms with van der Waals surface area (Å²) >= 11 is 0. The second-order valence-corrected chi connectivity index (χ2v) is 14.2. The van der Waals surface area contributed by atoms with Crippen molar-refractivity contribution in [2.75, 3.05) is 0 Å². The molecule has 11 rings (SSSR count). The van der Waals surface area contributed by atoms with Gasteiger partial charge in [-0.2, -0.15) is 0 Å². The lowest BCUT2D eigenvalue weighted by atomic mass is 9.67. The molecule has 1 aliphatic carbocycles. The van der Waals surface area contributed by atoms with Crippen molar-refractivity contribution in [3.63, 3.8) is 0 Å². The minimum Gasteiger partial charge on any atom is -0.456 e. The van der Waals surface area contributed by atoms with Crippen molar-refractivity contribution in [1.82, 2.24) is 4.57 Å². The maximum Gasteiger partial charge on any atom is 0.135 e. The first-order valence-corrected chi connectivity index (χ1v) is 17.8. The highest BCUT2D eigenvalue weighted by molar-refractivity contribution is 6.11. The number of rotatable bonds is 3. The van der Waals surface area contributed by atoms with Gasteiger partial charge in [-0.05, 0) is 107 Å². The third-order valence-electron chi connectivity index (χ3n) is 11.4. The summed E-state index contributed by atoms with van der Waals surface area (Å²) in [6.07, 6.45) is 0. The highest BCUT2D eigenvalue weighted by Gasteiger charge is 2.46. The molecule has 0 aliphatic heterocycles. The van der Waals surface area contributed by atoms with Crippen LogP contribution in [0.1, 0.15) is 33.4 Å². The molecule has 0 bridgehead atoms. The fourth-order valence-corrected chi connectivity index (χ4v) is 9.18. The van der Waals surface area contributed by atoms with E-state index in [1.807, 2.05) is 0 Å². The van der Waals surface area contributed by atoms with Crippen LogP contribution in [0.5, 0.6) is 0 Å². The van der Waals surface area contributed by atoms with Crippen LogP contribution in [0.2, 0.25) is 0 Å². The van der Waals surface area contributed by atoms with Gasteiger partial charge in [0.05, 0.1) is 22.1 Å². The van der Waals surface area contributed by atoms with Gasteiger partial charge < -0.3 is 8.98 Å². The van der Waals surface area contributed by atoms with E-state index in [-0.39, 0.29) is 0 Å². The Morgan fingerprint density at radius 1 is 0.431 bits per heavy atom. The van der Waals surface area contributed by atoms with Gasteiger partial charge in [0.15, 0.2) is 0 Å². The van der Waals surface area contributed by atoms with Gasteiger partial charge in [0.25, 0.3) is 0 Å². The molecule has 2 heterocycles. The Bertz CT molecular complexity index is 3010. The van der Waals surface area contributed by atoms with Crippen LogP contribution in [0.15, 0.2) is 168 Å². The van der Waals surface area contributed by atoms with Crippen molar-refractivity contribution in [2.24, 2.45) is 0 Å². The summed E-state index contributed by atoms with van der Waals surface area (Å²) in [5.41, 5.74) is 15.1. The monoisotopic (exact) mass is 651 g/mol. The average Bonchev–Trinajstić information content (AvgIpc) is 3.80. The van der Waals surface area contributed by atoms with Gasteiger partial charge in [-0.3, -0.25) is 0 Å². The zero-order chi connectivity index (χ0) is 33.8. The highest BCUT2D eigenvalue weighted by Crippen LogP contribution is 2.57. The number of hydrogen-bond acceptors (Lipinski definition) is 1. The number of nitrogens with zero attached hydrogens (tertiary/aromatic N) is 1. The van der Waals surface area contributed by atoms with Gasteiger partial charge >= 0.3 is 0 Å². The van der Waals surface area contributed by atoms with E-state index in [9.17, 15) is 0 Å². The molecule has 1 aliphatic rings. The Kier molecular flexibility index (Phi) is 5.76. The number of furan rings is 1. The molecule has 8 aromatic carbocycles. The first-order chi connectivity index (χ1) is 25.1. The maximum absolute atomic E-state index is 6.39. The number of benzene rings is 8. The molecular formula is C49H33NO. The second kappa shape index (κ2) is 10.3. The van der Waals surface area contributed by atoms with Crippen LogP contribution in [-0.4, -0.2) is 4.57 Å². The van der Waals surface area contributed by atoms with Crippen LogP contribution < -0.4 is 0 Å². The van der Waals surface area contributed by atoms with E-state index in [0.717, 1.165) is 21.9 Å². The lowest BCUT2D eigenvalue weighted by molar-refractivity contribution is 0.668. The van der Waals surface area contributed by atoms with Gasteiger partial charge in [-0.1, -0.05) is 120 Å². The SMILES string of the molecule is Cc1ccc2oc3ccc(C4(c5ccc6c(c5)c5cc(C)ccc5n6-c5cccc6ccccc56)c5ccccc5-c5ccccc54)cc3c2c1. The third kappa shape index (κ3) is 3.82. The molecule has 240 valence electrons. The van der Waals surface area contributed by atoms with E-state index >= 15 is 0 Å². The molecule has 0 unspecified atom stereocenters. The molecule has 2 aromatic heterocycles. The number of aryl methyl sites for hydroxylation is 2. The van der Waals surface area contributed by atoms with Crippen LogP contribution in [0.3, 0.4) is 0 Å². The summed E-state index contributed by atoms with van der Waals surface area (Å²) in [5.74, 6) is 0. The zero-order valence-corrected chi connectivity index (χ0v) is 28.4. The van der Waals surface area contributed by atoms with Crippen molar-refractivity contribution in [1.29, 1.82) is 0 Å². The Morgan fingerprint density at radius 3 is 1.73 bits per heavy atom. The summed E-state index contributed by atoms with van der Waals surface area (Å²) < 4.78 is 8.86. The van der Waals surface area contributed by atoms with Crippen molar-refractivity contribution < 1.29 is 4.42 Å². The molecule has 0 amide bonds. The van der Waals surface area contributed by atoms with E-state index in [1.165, 1.54) is 82.8 Å². The molecule has 51 heavy (non-hydrogen) atoms. The first-order valence-electron chi connectivity index (χ1n) is 17.8. The van der Waals surface area contributed by atoms with Gasteiger partial charge in [0.2, 0.25) is 0 Å². The molecule has 10 aromatic rings. The van der Waals surface area contributed by atoms with Crippen molar-refractivity contribution >= 4 is 54.5 Å². The molecule has 2 heteroatoms. The lowest BCUT2D eigenvalue weighted by Crippen LogP contribution is -2.28. The largest absolute Gasteiger partial charge is 0.456 e. The predicted octanol–water partition coefficient (Wildman–Crippen LogP) is 12.8. The Hall–Kier alpha value is -6.38. The van der Waals surface area contributed by atoms with Gasteiger partial charge in [-0.15, -0.1) is 0 Å². The topological polar surface area (TPSA) is 18.1 Å². The zero-order valence-electron chi connectivity index (χ0n) is 28.4. The summed E-state index contributed by atoms with van der Waals surface area (Å²) in [4.78, 5) is 0. The molecule has 0 spiro atoms. The lowest BCUT2D eigenvalue weighted by Gasteiger charge is -2.34. The van der Waals surface area contributed by atoms with Gasteiger partial charge in [0.1, 0.15) is 11.2 Å². The standard InChI is InChI=1S/C49H33NO/c1-30-18-22-45-38(26-30)39-28-33(20-23-46(39)50(45)44-17-9-11-32-10-3-4-12-35(32)44)49(42-15-7-5-13-36(42)37-14-6-8-16-43(37)49)34-21-25-48-41(29-34)40-27-31(2)19-24-47(40)51-48/h3-29H,1-2H3. The number of fused-ring (bicyclic) bond motifs is 10. The molecule has 0 atom stereocenters. The quantitative estimate of drug-likeness (QED) is 0.186. The minimum absolute atomic E-state index is 0.541. The third-order valence-corrected chi connectivity index (χ3v) is 11.4. The fourth-order valence-electron chi connectivity index (χ4n) is 9.18. The first kappa shape index (κ1) is 28.5. The smallest absolute Gasteiger partial charge is 0.135 e.